The summed E-state index contributed by atoms with van der Waals surface area (Å²) in [5.74, 6) is -0.0223. The fraction of sp³-hybridized carbons (Fsp3) is 0.895. The van der Waals surface area contributed by atoms with E-state index in [0.717, 1.165) is 39.0 Å². The van der Waals surface area contributed by atoms with Crippen molar-refractivity contribution in [1.82, 2.24) is 20.0 Å². The van der Waals surface area contributed by atoms with Gasteiger partial charge in [0.15, 0.2) is 0 Å². The highest BCUT2D eigenvalue weighted by Gasteiger charge is 2.29. The number of alkyl carbamates (subject to hydrolysis) is 1. The number of carbonyl (C=O) groups excluding carboxylic acids is 2. The minimum atomic E-state index is -0.599. The Balaban J connectivity index is 1.70. The van der Waals surface area contributed by atoms with Crippen LogP contribution in [0.3, 0.4) is 0 Å². The highest BCUT2D eigenvalue weighted by atomic mass is 16.5. The van der Waals surface area contributed by atoms with Gasteiger partial charge in [-0.25, -0.2) is 4.79 Å². The van der Waals surface area contributed by atoms with E-state index in [1.54, 1.807) is 0 Å². The topological polar surface area (TPSA) is 85.3 Å². The predicted molar refractivity (Wildman–Crippen MR) is 104 cm³/mol. The average molecular weight is 385 g/mol. The molecule has 2 saturated heterocycles. The summed E-state index contributed by atoms with van der Waals surface area (Å²) in [7, 11) is 2.16. The van der Waals surface area contributed by atoms with Gasteiger partial charge >= 0.3 is 6.09 Å². The second-order valence-corrected chi connectivity index (χ2v) is 7.67. The largest absolute Gasteiger partial charge is 0.450 e. The molecule has 8 nitrogen and oxygen atoms in total. The van der Waals surface area contributed by atoms with E-state index < -0.39 is 12.1 Å². The van der Waals surface area contributed by atoms with Crippen molar-refractivity contribution in [3.8, 4) is 0 Å². The van der Waals surface area contributed by atoms with Gasteiger partial charge in [-0.1, -0.05) is 13.3 Å². The van der Waals surface area contributed by atoms with Crippen LogP contribution in [-0.4, -0.2) is 103 Å². The first-order chi connectivity index (χ1) is 13.0. The molecule has 0 aromatic rings. The molecule has 2 heterocycles. The number of likely N-dealkylation sites (tertiary alicyclic amines) is 1. The molecule has 1 atom stereocenters. The Kier molecular flexibility index (Phi) is 9.30. The molecule has 0 aliphatic carbocycles. The van der Waals surface area contributed by atoms with Crippen molar-refractivity contribution in [1.29, 1.82) is 0 Å². The van der Waals surface area contributed by atoms with Crippen LogP contribution < -0.4 is 5.32 Å². The number of nitrogens with zero attached hydrogens (tertiary/aromatic N) is 3. The Hall–Kier alpha value is -1.38. The molecule has 2 fully saturated rings. The summed E-state index contributed by atoms with van der Waals surface area (Å²) in [6.07, 6.45) is 3.68. The second-order valence-electron chi connectivity index (χ2n) is 7.67. The summed E-state index contributed by atoms with van der Waals surface area (Å²) in [6.45, 7) is 7.60. The molecule has 0 unspecified atom stereocenters. The number of hydrogen-bond donors (Lipinski definition) is 2. The lowest BCUT2D eigenvalue weighted by Crippen LogP contribution is -2.54. The molecule has 8 heteroatoms. The van der Waals surface area contributed by atoms with Gasteiger partial charge in [-0.05, 0) is 39.4 Å². The monoisotopic (exact) mass is 384 g/mol. The molecule has 0 spiro atoms. The minimum Gasteiger partial charge on any atom is -0.450 e. The molecule has 0 aromatic carbocycles. The molecule has 2 N–H and O–H groups in total. The highest BCUT2D eigenvalue weighted by Crippen LogP contribution is 2.17. The van der Waals surface area contributed by atoms with Crippen LogP contribution in [-0.2, 0) is 9.53 Å². The zero-order valence-electron chi connectivity index (χ0n) is 16.9. The van der Waals surface area contributed by atoms with E-state index in [9.17, 15) is 14.7 Å². The van der Waals surface area contributed by atoms with Crippen LogP contribution in [0.25, 0.3) is 0 Å². The maximum Gasteiger partial charge on any atom is 0.407 e. The molecule has 0 bridgehead atoms. The van der Waals surface area contributed by atoms with E-state index in [1.165, 1.54) is 12.8 Å². The van der Waals surface area contributed by atoms with Gasteiger partial charge in [-0.15, -0.1) is 0 Å². The summed E-state index contributed by atoms with van der Waals surface area (Å²) in [5.41, 5.74) is 0. The number of aliphatic hydroxyl groups excluding tert-OH is 1. The Morgan fingerprint density at radius 2 is 1.81 bits per heavy atom. The number of piperidine rings is 1. The Bertz CT molecular complexity index is 461. The first-order valence-electron chi connectivity index (χ1n) is 10.3. The number of aliphatic hydroxyl groups is 1. The van der Waals surface area contributed by atoms with E-state index in [2.05, 4.69) is 22.2 Å². The van der Waals surface area contributed by atoms with Crippen LogP contribution in [0, 0.1) is 0 Å². The standard InChI is InChI=1S/C19H36N4O4/c1-3-4-13-27-19(26)20-16(15-24)14-18(25)23-11-9-22(10-12-23)17-5-7-21(2)8-6-17/h16-17,24H,3-15H2,1-2H3,(H,20,26)/t16-/m1/s1. The summed E-state index contributed by atoms with van der Waals surface area (Å²) >= 11 is 0. The van der Waals surface area contributed by atoms with Crippen LogP contribution >= 0.6 is 0 Å². The lowest BCUT2D eigenvalue weighted by molar-refractivity contribution is -0.134. The van der Waals surface area contributed by atoms with E-state index in [0.29, 0.717) is 25.7 Å². The maximum absolute atomic E-state index is 12.5. The highest BCUT2D eigenvalue weighted by molar-refractivity contribution is 5.78. The van der Waals surface area contributed by atoms with Crippen LogP contribution in [0.2, 0.25) is 0 Å². The third-order valence-electron chi connectivity index (χ3n) is 5.57. The van der Waals surface area contributed by atoms with Gasteiger partial charge in [-0.2, -0.15) is 0 Å². The number of unbranched alkanes of at least 4 members (excludes halogenated alkanes) is 1. The summed E-state index contributed by atoms with van der Waals surface area (Å²) < 4.78 is 5.03. The molecule has 2 rings (SSSR count). The predicted octanol–water partition coefficient (Wildman–Crippen LogP) is 0.502. The van der Waals surface area contributed by atoms with Gasteiger partial charge in [-0.3, -0.25) is 9.69 Å². The van der Waals surface area contributed by atoms with E-state index in [1.807, 2.05) is 11.8 Å². The number of carbonyl (C=O) groups is 2. The SMILES string of the molecule is CCCCOC(=O)N[C@@H](CO)CC(=O)N1CCN(C2CCN(C)CC2)CC1. The fourth-order valence-corrected chi connectivity index (χ4v) is 3.72. The van der Waals surface area contributed by atoms with E-state index in [-0.39, 0.29) is 18.9 Å². The number of hydrogen-bond acceptors (Lipinski definition) is 6. The van der Waals surface area contributed by atoms with Gasteiger partial charge in [0.05, 0.1) is 19.3 Å². The van der Waals surface area contributed by atoms with E-state index >= 15 is 0 Å². The van der Waals surface area contributed by atoms with Gasteiger partial charge in [0.1, 0.15) is 0 Å². The molecule has 0 aromatic heterocycles. The Labute approximate surface area is 162 Å². The zero-order chi connectivity index (χ0) is 19.6. The van der Waals surface area contributed by atoms with Gasteiger partial charge in [0, 0.05) is 38.6 Å². The molecular formula is C19H36N4O4. The first-order valence-corrected chi connectivity index (χ1v) is 10.3. The van der Waals surface area contributed by atoms with Gasteiger partial charge in [0.2, 0.25) is 5.91 Å². The lowest BCUT2D eigenvalue weighted by atomic mass is 10.0. The van der Waals surface area contributed by atoms with Crippen molar-refractivity contribution in [2.75, 3.05) is 59.5 Å². The summed E-state index contributed by atoms with van der Waals surface area (Å²) in [5, 5.41) is 12.1. The van der Waals surface area contributed by atoms with Crippen molar-refractivity contribution in [3.05, 3.63) is 0 Å². The Morgan fingerprint density at radius 3 is 2.41 bits per heavy atom. The second kappa shape index (κ2) is 11.5. The van der Waals surface area contributed by atoms with Crippen molar-refractivity contribution >= 4 is 12.0 Å². The quantitative estimate of drug-likeness (QED) is 0.593. The third kappa shape index (κ3) is 7.27. The van der Waals surface area contributed by atoms with Crippen molar-refractivity contribution in [2.24, 2.45) is 0 Å². The molecule has 2 aliphatic heterocycles. The minimum absolute atomic E-state index is 0.0223. The number of ether oxygens (including phenoxy) is 1. The number of rotatable bonds is 8. The molecule has 0 saturated carbocycles. The molecule has 2 amide bonds. The molecule has 27 heavy (non-hydrogen) atoms. The molecule has 156 valence electrons. The van der Waals surface area contributed by atoms with Crippen molar-refractivity contribution in [3.63, 3.8) is 0 Å². The Morgan fingerprint density at radius 1 is 1.15 bits per heavy atom. The summed E-state index contributed by atoms with van der Waals surface area (Å²) in [4.78, 5) is 31.0. The van der Waals surface area contributed by atoms with Crippen molar-refractivity contribution in [2.45, 2.75) is 51.1 Å². The first kappa shape index (κ1) is 21.9. The lowest BCUT2D eigenvalue weighted by Gasteiger charge is -2.42. The zero-order valence-corrected chi connectivity index (χ0v) is 16.9. The van der Waals surface area contributed by atoms with Crippen LogP contribution in [0.4, 0.5) is 4.79 Å². The maximum atomic E-state index is 12.5. The number of piperazine rings is 1. The molecule has 2 aliphatic rings. The van der Waals surface area contributed by atoms with Gasteiger partial charge < -0.3 is 25.0 Å². The summed E-state index contributed by atoms with van der Waals surface area (Å²) in [6, 6.07) is 0.0294. The normalized spacial score (nSPS) is 21.1. The van der Waals surface area contributed by atoms with Crippen LogP contribution in [0.15, 0.2) is 0 Å². The molecular weight excluding hydrogens is 348 g/mol. The average Bonchev–Trinajstić information content (AvgIpc) is 2.68. The van der Waals surface area contributed by atoms with Crippen LogP contribution in [0.5, 0.6) is 0 Å². The molecule has 0 radical (unpaired) electrons. The fourth-order valence-electron chi connectivity index (χ4n) is 3.72. The van der Waals surface area contributed by atoms with Gasteiger partial charge in [0.25, 0.3) is 0 Å². The van der Waals surface area contributed by atoms with Crippen LogP contribution in [0.1, 0.15) is 39.0 Å². The number of amides is 2. The third-order valence-corrected chi connectivity index (χ3v) is 5.57. The van der Waals surface area contributed by atoms with E-state index in [4.69, 9.17) is 4.74 Å². The van der Waals surface area contributed by atoms with Crippen molar-refractivity contribution < 1.29 is 19.4 Å². The number of nitrogens with one attached hydrogen (secondary N) is 1. The smallest absolute Gasteiger partial charge is 0.407 e.